The average molecular weight is 288 g/mol. The molecule has 2 heterocycles. The van der Waals surface area contributed by atoms with Gasteiger partial charge in [-0.2, -0.15) is 13.2 Å². The number of hydrogen-bond donors (Lipinski definition) is 1. The second-order valence-electron chi connectivity index (χ2n) is 4.81. The average Bonchev–Trinajstić information content (AvgIpc) is 2.38. The molecule has 4 nitrogen and oxygen atoms in total. The Morgan fingerprint density at radius 1 is 1.25 bits per heavy atom. The van der Waals surface area contributed by atoms with Crippen molar-refractivity contribution < 1.29 is 13.2 Å². The van der Waals surface area contributed by atoms with E-state index >= 15 is 0 Å². The van der Waals surface area contributed by atoms with Crippen LogP contribution in [-0.4, -0.2) is 55.3 Å². The number of aromatic nitrogens is 1. The van der Waals surface area contributed by atoms with Crippen molar-refractivity contribution in [2.75, 3.05) is 49.5 Å². The molecule has 0 amide bonds. The summed E-state index contributed by atoms with van der Waals surface area (Å²) < 4.78 is 37.0. The van der Waals surface area contributed by atoms with Crippen LogP contribution in [0.4, 0.5) is 24.7 Å². The van der Waals surface area contributed by atoms with Crippen molar-refractivity contribution >= 4 is 11.5 Å². The summed E-state index contributed by atoms with van der Waals surface area (Å²) in [6.45, 7) is 4.02. The standard InChI is InChI=1S/C13H19F3N4/c1-2-17-12-9-11(3-4-18-12)20-7-5-19(6-8-20)10-13(14,15)16/h3-4,9H,2,5-8,10H2,1H3,(H,17,18). The van der Waals surface area contributed by atoms with Gasteiger partial charge in [0.05, 0.1) is 6.54 Å². The zero-order chi connectivity index (χ0) is 14.6. The van der Waals surface area contributed by atoms with E-state index in [9.17, 15) is 13.2 Å². The Morgan fingerprint density at radius 2 is 1.95 bits per heavy atom. The molecule has 0 radical (unpaired) electrons. The second kappa shape index (κ2) is 6.30. The van der Waals surface area contributed by atoms with Crippen LogP contribution in [0.3, 0.4) is 0 Å². The maximum atomic E-state index is 12.3. The van der Waals surface area contributed by atoms with E-state index < -0.39 is 12.7 Å². The Balaban J connectivity index is 1.92. The number of anilines is 2. The molecular formula is C13H19F3N4. The van der Waals surface area contributed by atoms with Crippen molar-refractivity contribution in [1.82, 2.24) is 9.88 Å². The van der Waals surface area contributed by atoms with Gasteiger partial charge >= 0.3 is 6.18 Å². The maximum absolute atomic E-state index is 12.3. The predicted octanol–water partition coefficient (Wildman–Crippen LogP) is 2.20. The Kier molecular flexibility index (Phi) is 4.69. The van der Waals surface area contributed by atoms with Gasteiger partial charge in [0.25, 0.3) is 0 Å². The Labute approximate surface area is 116 Å². The van der Waals surface area contributed by atoms with Gasteiger partial charge in [0.2, 0.25) is 0 Å². The summed E-state index contributed by atoms with van der Waals surface area (Å²) in [6.07, 6.45) is -2.40. The number of piperazine rings is 1. The van der Waals surface area contributed by atoms with Crippen molar-refractivity contribution in [2.24, 2.45) is 0 Å². The third kappa shape index (κ3) is 4.26. The molecule has 20 heavy (non-hydrogen) atoms. The van der Waals surface area contributed by atoms with E-state index in [1.165, 1.54) is 4.90 Å². The van der Waals surface area contributed by atoms with E-state index in [1.54, 1.807) is 6.20 Å². The van der Waals surface area contributed by atoms with E-state index in [4.69, 9.17) is 0 Å². The van der Waals surface area contributed by atoms with Crippen LogP contribution >= 0.6 is 0 Å². The normalized spacial score (nSPS) is 17.3. The molecule has 7 heteroatoms. The smallest absolute Gasteiger partial charge is 0.370 e. The zero-order valence-corrected chi connectivity index (χ0v) is 11.5. The lowest BCUT2D eigenvalue weighted by Gasteiger charge is -2.36. The minimum atomic E-state index is -4.11. The largest absolute Gasteiger partial charge is 0.401 e. The lowest BCUT2D eigenvalue weighted by atomic mass is 10.2. The predicted molar refractivity (Wildman–Crippen MR) is 73.1 cm³/mol. The van der Waals surface area contributed by atoms with Gasteiger partial charge in [-0.15, -0.1) is 0 Å². The topological polar surface area (TPSA) is 31.4 Å². The first-order chi connectivity index (χ1) is 9.48. The Morgan fingerprint density at radius 3 is 2.55 bits per heavy atom. The van der Waals surface area contributed by atoms with Crippen molar-refractivity contribution in [3.63, 3.8) is 0 Å². The molecular weight excluding hydrogens is 269 g/mol. The first kappa shape index (κ1) is 14.9. The van der Waals surface area contributed by atoms with Crippen molar-refractivity contribution in [3.05, 3.63) is 18.3 Å². The molecule has 0 aromatic carbocycles. The fourth-order valence-electron chi connectivity index (χ4n) is 2.31. The summed E-state index contributed by atoms with van der Waals surface area (Å²) in [5, 5.41) is 3.13. The van der Waals surface area contributed by atoms with Crippen LogP contribution in [0.1, 0.15) is 6.92 Å². The summed E-state index contributed by atoms with van der Waals surface area (Å²) in [4.78, 5) is 7.73. The third-order valence-electron chi connectivity index (χ3n) is 3.24. The number of pyridine rings is 1. The molecule has 1 aromatic rings. The third-order valence-corrected chi connectivity index (χ3v) is 3.24. The van der Waals surface area contributed by atoms with Crippen molar-refractivity contribution in [1.29, 1.82) is 0 Å². The molecule has 0 unspecified atom stereocenters. The van der Waals surface area contributed by atoms with Crippen LogP contribution in [0, 0.1) is 0 Å². The molecule has 1 aliphatic heterocycles. The molecule has 1 fully saturated rings. The van der Waals surface area contributed by atoms with Crippen molar-refractivity contribution in [2.45, 2.75) is 13.1 Å². The van der Waals surface area contributed by atoms with Crippen LogP contribution in [-0.2, 0) is 0 Å². The number of rotatable bonds is 4. The molecule has 0 aliphatic carbocycles. The van der Waals surface area contributed by atoms with Gasteiger partial charge in [-0.1, -0.05) is 0 Å². The minimum absolute atomic E-state index is 0.429. The highest BCUT2D eigenvalue weighted by molar-refractivity contribution is 5.54. The van der Waals surface area contributed by atoms with Gasteiger partial charge in [0.1, 0.15) is 5.82 Å². The van der Waals surface area contributed by atoms with Gasteiger partial charge < -0.3 is 10.2 Å². The quantitative estimate of drug-likeness (QED) is 0.920. The fourth-order valence-corrected chi connectivity index (χ4v) is 2.31. The van der Waals surface area contributed by atoms with Crippen LogP contribution in [0.25, 0.3) is 0 Å². The minimum Gasteiger partial charge on any atom is -0.370 e. The van der Waals surface area contributed by atoms with Gasteiger partial charge in [0.15, 0.2) is 0 Å². The highest BCUT2D eigenvalue weighted by Crippen LogP contribution is 2.21. The zero-order valence-electron chi connectivity index (χ0n) is 11.5. The summed E-state index contributed by atoms with van der Waals surface area (Å²) >= 11 is 0. The van der Waals surface area contributed by atoms with Gasteiger partial charge in [-0.25, -0.2) is 4.98 Å². The summed E-state index contributed by atoms with van der Waals surface area (Å²) in [7, 11) is 0. The summed E-state index contributed by atoms with van der Waals surface area (Å²) in [5.41, 5.74) is 1.00. The van der Waals surface area contributed by atoms with Gasteiger partial charge in [-0.3, -0.25) is 4.90 Å². The molecule has 1 aliphatic rings. The van der Waals surface area contributed by atoms with Crippen LogP contribution in [0.15, 0.2) is 18.3 Å². The SMILES string of the molecule is CCNc1cc(N2CCN(CC(F)(F)F)CC2)ccn1. The van der Waals surface area contributed by atoms with E-state index in [-0.39, 0.29) is 0 Å². The highest BCUT2D eigenvalue weighted by atomic mass is 19.4. The number of alkyl halides is 3. The Hall–Kier alpha value is -1.50. The molecule has 0 saturated carbocycles. The number of nitrogens with zero attached hydrogens (tertiary/aromatic N) is 3. The van der Waals surface area contributed by atoms with E-state index in [0.29, 0.717) is 26.2 Å². The van der Waals surface area contributed by atoms with E-state index in [1.807, 2.05) is 19.1 Å². The van der Waals surface area contributed by atoms with Crippen molar-refractivity contribution in [3.8, 4) is 0 Å². The Bertz CT molecular complexity index is 428. The number of nitrogens with one attached hydrogen (secondary N) is 1. The van der Waals surface area contributed by atoms with Gasteiger partial charge in [-0.05, 0) is 13.0 Å². The second-order valence-corrected chi connectivity index (χ2v) is 4.81. The number of halogens is 3. The van der Waals surface area contributed by atoms with Gasteiger partial charge in [0, 0.05) is 50.7 Å². The molecule has 0 spiro atoms. The fraction of sp³-hybridized carbons (Fsp3) is 0.615. The molecule has 112 valence electrons. The first-order valence-electron chi connectivity index (χ1n) is 6.72. The molecule has 0 bridgehead atoms. The molecule has 1 N–H and O–H groups in total. The molecule has 1 aromatic heterocycles. The van der Waals surface area contributed by atoms with Crippen LogP contribution in [0.2, 0.25) is 0 Å². The maximum Gasteiger partial charge on any atom is 0.401 e. The lowest BCUT2D eigenvalue weighted by molar-refractivity contribution is -0.146. The summed E-state index contributed by atoms with van der Waals surface area (Å²) in [6, 6.07) is 3.82. The van der Waals surface area contributed by atoms with Crippen LogP contribution < -0.4 is 10.2 Å². The first-order valence-corrected chi connectivity index (χ1v) is 6.72. The van der Waals surface area contributed by atoms with E-state index in [2.05, 4.69) is 15.2 Å². The monoisotopic (exact) mass is 288 g/mol. The van der Waals surface area contributed by atoms with Crippen LogP contribution in [0.5, 0.6) is 0 Å². The molecule has 2 rings (SSSR count). The lowest BCUT2D eigenvalue weighted by Crippen LogP contribution is -2.49. The number of hydrogen-bond acceptors (Lipinski definition) is 4. The highest BCUT2D eigenvalue weighted by Gasteiger charge is 2.32. The molecule has 1 saturated heterocycles. The molecule has 0 atom stereocenters. The van der Waals surface area contributed by atoms with E-state index in [0.717, 1.165) is 18.1 Å². The summed E-state index contributed by atoms with van der Waals surface area (Å²) in [5.74, 6) is 0.794.